The Morgan fingerprint density at radius 2 is 1.97 bits per heavy atom. The molecular formula is C28H31F3O5S2. The van der Waals surface area contributed by atoms with Gasteiger partial charge in [0.2, 0.25) is 5.12 Å². The first kappa shape index (κ1) is 27.6. The Morgan fingerprint density at radius 3 is 2.61 bits per heavy atom. The Bertz CT molecular complexity index is 1260. The number of alkyl halides is 3. The lowest BCUT2D eigenvalue weighted by atomic mass is 9.44. The first-order chi connectivity index (χ1) is 17.8. The van der Waals surface area contributed by atoms with Crippen molar-refractivity contribution in [2.75, 3.05) is 6.01 Å². The van der Waals surface area contributed by atoms with E-state index in [-0.39, 0.29) is 24.8 Å². The third kappa shape index (κ3) is 3.38. The molecule has 5 nitrogen and oxygen atoms in total. The summed E-state index contributed by atoms with van der Waals surface area (Å²) in [4.78, 5) is 39.4. The maximum absolute atomic E-state index is 17.4. The number of hydrogen-bond acceptors (Lipinski definition) is 7. The lowest BCUT2D eigenvalue weighted by molar-refractivity contribution is -0.221. The summed E-state index contributed by atoms with van der Waals surface area (Å²) >= 11 is 1.55. The Labute approximate surface area is 227 Å². The van der Waals surface area contributed by atoms with Gasteiger partial charge in [-0.05, 0) is 85.5 Å². The average Bonchev–Trinajstić information content (AvgIpc) is 3.37. The van der Waals surface area contributed by atoms with E-state index in [1.54, 1.807) is 32.2 Å². The van der Waals surface area contributed by atoms with Crippen molar-refractivity contribution >= 4 is 40.0 Å². The molecule has 10 heteroatoms. The standard InChI is InChI=1S/C28H31F3O5S2/c1-14-6-8-37-22(14)23(34)36-28(24(35)38-13-29)15(2)9-17-18-11-20(30)19-10-16(32)5-7-25(19,3)27(18,31)21(33)12-26(17,28)4/h5-8,10,15,17-18,20-21,33H,9,11-13H2,1-4H3/t15-,17+,18+,20+,21+,25+,26+,27+,28+/m1/s1. The number of hydrogen-bond donors (Lipinski definition) is 1. The summed E-state index contributed by atoms with van der Waals surface area (Å²) in [7, 11) is 0. The van der Waals surface area contributed by atoms with E-state index in [0.717, 1.165) is 17.4 Å². The van der Waals surface area contributed by atoms with Crippen LogP contribution in [0.25, 0.3) is 0 Å². The summed E-state index contributed by atoms with van der Waals surface area (Å²) in [6.07, 6.45) is 0.0560. The maximum atomic E-state index is 17.4. The van der Waals surface area contributed by atoms with E-state index in [2.05, 4.69) is 0 Å². The van der Waals surface area contributed by atoms with Crippen molar-refractivity contribution in [2.24, 2.45) is 28.6 Å². The molecule has 4 aliphatic carbocycles. The van der Waals surface area contributed by atoms with Crippen LogP contribution in [0.5, 0.6) is 0 Å². The Balaban J connectivity index is 1.64. The third-order valence-electron chi connectivity index (χ3n) is 9.96. The molecule has 5 rings (SSSR count). The number of ketones is 1. The molecule has 3 fully saturated rings. The van der Waals surface area contributed by atoms with Crippen molar-refractivity contribution in [2.45, 2.75) is 70.5 Å². The molecule has 1 N–H and O–H groups in total. The number of ether oxygens (including phenoxy) is 1. The van der Waals surface area contributed by atoms with Crippen LogP contribution < -0.4 is 0 Å². The topological polar surface area (TPSA) is 80.7 Å². The maximum Gasteiger partial charge on any atom is 0.349 e. The van der Waals surface area contributed by atoms with Crippen molar-refractivity contribution in [1.82, 2.24) is 0 Å². The van der Waals surface area contributed by atoms with Gasteiger partial charge in [-0.1, -0.05) is 19.9 Å². The number of thiophene rings is 1. The Kier molecular flexibility index (Phi) is 6.59. The number of aryl methyl sites for hydroxylation is 1. The van der Waals surface area contributed by atoms with Crippen LogP contribution in [-0.2, 0) is 14.3 Å². The normalized spacial score (nSPS) is 43.6. The predicted molar refractivity (Wildman–Crippen MR) is 139 cm³/mol. The molecule has 0 saturated heterocycles. The molecule has 1 heterocycles. The smallest absolute Gasteiger partial charge is 0.349 e. The van der Waals surface area contributed by atoms with Crippen LogP contribution in [0.3, 0.4) is 0 Å². The van der Waals surface area contributed by atoms with E-state index < -0.39 is 75.0 Å². The zero-order valence-corrected chi connectivity index (χ0v) is 23.3. The van der Waals surface area contributed by atoms with Gasteiger partial charge in [0.05, 0.1) is 6.10 Å². The van der Waals surface area contributed by atoms with Crippen LogP contribution in [0.4, 0.5) is 13.2 Å². The van der Waals surface area contributed by atoms with Crippen LogP contribution in [0.15, 0.2) is 35.2 Å². The molecule has 0 aromatic carbocycles. The average molecular weight is 569 g/mol. The highest BCUT2D eigenvalue weighted by Crippen LogP contribution is 2.72. The van der Waals surface area contributed by atoms with Gasteiger partial charge in [0.15, 0.2) is 17.1 Å². The molecule has 1 aromatic rings. The number of allylic oxidation sites excluding steroid dienone is 4. The highest BCUT2D eigenvalue weighted by molar-refractivity contribution is 8.13. The number of halogens is 3. The number of thioether (sulfide) groups is 1. The van der Waals surface area contributed by atoms with E-state index in [1.807, 2.05) is 0 Å². The second-order valence-electron chi connectivity index (χ2n) is 11.6. The van der Waals surface area contributed by atoms with Gasteiger partial charge in [-0.15, -0.1) is 11.3 Å². The molecule has 1 aromatic heterocycles. The molecule has 0 radical (unpaired) electrons. The third-order valence-corrected chi connectivity index (χ3v) is 11.6. The van der Waals surface area contributed by atoms with Crippen molar-refractivity contribution in [1.29, 1.82) is 0 Å². The monoisotopic (exact) mass is 568 g/mol. The number of esters is 1. The van der Waals surface area contributed by atoms with Crippen LogP contribution in [-0.4, -0.2) is 51.5 Å². The van der Waals surface area contributed by atoms with Crippen LogP contribution in [0.1, 0.15) is 55.3 Å². The minimum absolute atomic E-state index is 0.00683. The lowest BCUT2D eigenvalue weighted by Gasteiger charge is -2.63. The van der Waals surface area contributed by atoms with Gasteiger partial charge < -0.3 is 9.84 Å². The zero-order valence-electron chi connectivity index (χ0n) is 21.6. The summed E-state index contributed by atoms with van der Waals surface area (Å²) in [5, 5.41) is 12.6. The predicted octanol–water partition coefficient (Wildman–Crippen LogP) is 5.70. The van der Waals surface area contributed by atoms with E-state index >= 15 is 8.78 Å². The first-order valence-electron chi connectivity index (χ1n) is 12.7. The molecule has 3 saturated carbocycles. The quantitative estimate of drug-likeness (QED) is 0.469. The summed E-state index contributed by atoms with van der Waals surface area (Å²) in [5.74, 6) is -3.51. The van der Waals surface area contributed by atoms with Gasteiger partial charge in [-0.25, -0.2) is 18.0 Å². The second-order valence-corrected chi connectivity index (χ2v) is 13.4. The fraction of sp³-hybridized carbons (Fsp3) is 0.607. The highest BCUT2D eigenvalue weighted by Gasteiger charge is 2.78. The van der Waals surface area contributed by atoms with Gasteiger partial charge >= 0.3 is 5.97 Å². The largest absolute Gasteiger partial charge is 0.445 e. The number of aliphatic hydroxyl groups is 1. The number of carbonyl (C=O) groups excluding carboxylic acids is 3. The molecule has 0 amide bonds. The molecular weight excluding hydrogens is 537 g/mol. The summed E-state index contributed by atoms with van der Waals surface area (Å²) in [6, 6.07) is 0.703. The summed E-state index contributed by atoms with van der Waals surface area (Å²) < 4.78 is 52.8. The summed E-state index contributed by atoms with van der Waals surface area (Å²) in [6.45, 7) is 6.63. The second kappa shape index (κ2) is 9.06. The molecule has 0 bridgehead atoms. The van der Waals surface area contributed by atoms with Gasteiger partial charge in [-0.3, -0.25) is 9.59 Å². The Morgan fingerprint density at radius 1 is 1.26 bits per heavy atom. The van der Waals surface area contributed by atoms with E-state index in [4.69, 9.17) is 4.74 Å². The van der Waals surface area contributed by atoms with Crippen molar-refractivity contribution < 1.29 is 37.4 Å². The molecule has 4 aliphatic rings. The molecule has 0 unspecified atom stereocenters. The van der Waals surface area contributed by atoms with Crippen LogP contribution in [0.2, 0.25) is 0 Å². The Hall–Kier alpha value is -1.91. The minimum atomic E-state index is -2.33. The van der Waals surface area contributed by atoms with Crippen LogP contribution >= 0.6 is 23.1 Å². The van der Waals surface area contributed by atoms with Crippen LogP contribution in [0, 0.1) is 35.5 Å². The first-order valence-corrected chi connectivity index (χ1v) is 14.6. The molecule has 9 atom stereocenters. The van der Waals surface area contributed by atoms with Gasteiger partial charge in [0.25, 0.3) is 0 Å². The van der Waals surface area contributed by atoms with E-state index in [1.165, 1.54) is 19.1 Å². The van der Waals surface area contributed by atoms with Gasteiger partial charge in [0, 0.05) is 22.7 Å². The SMILES string of the molecule is Cc1ccsc1C(=O)O[C@]1(C(=O)SCF)[C@H](C)C[C@H]2[C@@H]3C[C@H](F)C4=CC(=O)C=C[C@]4(C)[C@@]3(F)[C@@H](O)C[C@@]21C. The van der Waals surface area contributed by atoms with Crippen molar-refractivity contribution in [3.8, 4) is 0 Å². The molecule has 0 spiro atoms. The summed E-state index contributed by atoms with van der Waals surface area (Å²) in [5.41, 5.74) is -6.38. The zero-order chi connectivity index (χ0) is 27.8. The number of fused-ring (bicyclic) bond motifs is 5. The van der Waals surface area contributed by atoms with Gasteiger partial charge in [-0.2, -0.15) is 0 Å². The fourth-order valence-corrected chi connectivity index (χ4v) is 9.74. The number of rotatable bonds is 4. The molecule has 0 aliphatic heterocycles. The van der Waals surface area contributed by atoms with E-state index in [9.17, 15) is 23.9 Å². The molecule has 38 heavy (non-hydrogen) atoms. The lowest BCUT2D eigenvalue weighted by Crippen LogP contribution is -2.70. The molecule has 206 valence electrons. The fourth-order valence-electron chi connectivity index (χ4n) is 8.15. The van der Waals surface area contributed by atoms with Crippen molar-refractivity contribution in [3.05, 3.63) is 45.7 Å². The number of carbonyl (C=O) groups is 3. The number of aliphatic hydroxyl groups excluding tert-OH is 1. The van der Waals surface area contributed by atoms with Crippen molar-refractivity contribution in [3.63, 3.8) is 0 Å². The van der Waals surface area contributed by atoms with Gasteiger partial charge in [0.1, 0.15) is 17.1 Å². The minimum Gasteiger partial charge on any atom is -0.445 e. The van der Waals surface area contributed by atoms with E-state index in [0.29, 0.717) is 22.2 Å². The highest BCUT2D eigenvalue weighted by atomic mass is 32.2.